The fourth-order valence-corrected chi connectivity index (χ4v) is 2.86. The van der Waals surface area contributed by atoms with Crippen LogP contribution in [0.15, 0.2) is 47.3 Å². The highest BCUT2D eigenvalue weighted by Crippen LogP contribution is 2.27. The number of nitrogens with zero attached hydrogens (tertiary/aromatic N) is 1. The van der Waals surface area contributed by atoms with Gasteiger partial charge in [-0.1, -0.05) is 41.4 Å². The smallest absolute Gasteiger partial charge is 0.260 e. The van der Waals surface area contributed by atoms with Crippen molar-refractivity contribution in [3.8, 4) is 0 Å². The maximum atomic E-state index is 12.1. The molecule has 22 heavy (non-hydrogen) atoms. The number of anilines is 1. The molecule has 2 N–H and O–H groups in total. The Balaban J connectivity index is 1.94. The van der Waals surface area contributed by atoms with Crippen LogP contribution in [0.3, 0.4) is 0 Å². The van der Waals surface area contributed by atoms with E-state index in [0.717, 1.165) is 5.56 Å². The molecule has 1 atom stereocenters. The first-order valence-corrected chi connectivity index (χ1v) is 7.51. The Morgan fingerprint density at radius 3 is 2.73 bits per heavy atom. The molecule has 0 fully saturated rings. The van der Waals surface area contributed by atoms with Gasteiger partial charge in [-0.25, -0.2) is 4.98 Å². The third-order valence-corrected chi connectivity index (χ3v) is 3.96. The molecular weight excluding hydrogens is 321 g/mol. The molecule has 0 saturated heterocycles. The number of aromatic amines is 1. The quantitative estimate of drug-likeness (QED) is 0.746. The van der Waals surface area contributed by atoms with Crippen LogP contribution in [0, 0.1) is 0 Å². The second-order valence-electron chi connectivity index (χ2n) is 4.96. The molecule has 1 heterocycles. The van der Waals surface area contributed by atoms with Crippen LogP contribution in [-0.2, 0) is 0 Å². The van der Waals surface area contributed by atoms with Crippen LogP contribution in [0.2, 0.25) is 10.0 Å². The first-order chi connectivity index (χ1) is 10.5. The largest absolute Gasteiger partial charge is 0.349 e. The first kappa shape index (κ1) is 14.9. The monoisotopic (exact) mass is 333 g/mol. The Hall–Kier alpha value is -2.04. The molecule has 0 amide bonds. The number of fused-ring (bicyclic) bond motifs is 1. The zero-order chi connectivity index (χ0) is 15.7. The number of hydrogen-bond donors (Lipinski definition) is 2. The predicted molar refractivity (Wildman–Crippen MR) is 90.9 cm³/mol. The van der Waals surface area contributed by atoms with Crippen molar-refractivity contribution in [2.75, 3.05) is 5.32 Å². The van der Waals surface area contributed by atoms with Crippen LogP contribution in [0.25, 0.3) is 10.9 Å². The summed E-state index contributed by atoms with van der Waals surface area (Å²) in [7, 11) is 0. The summed E-state index contributed by atoms with van der Waals surface area (Å²) in [5.74, 6) is 0.405. The summed E-state index contributed by atoms with van der Waals surface area (Å²) in [5, 5.41) is 4.86. The summed E-state index contributed by atoms with van der Waals surface area (Å²) in [6.07, 6.45) is 0. The van der Waals surface area contributed by atoms with Crippen molar-refractivity contribution in [1.82, 2.24) is 9.97 Å². The van der Waals surface area contributed by atoms with E-state index in [1.165, 1.54) is 0 Å². The van der Waals surface area contributed by atoms with Gasteiger partial charge >= 0.3 is 0 Å². The Morgan fingerprint density at radius 2 is 1.95 bits per heavy atom. The Bertz CT molecular complexity index is 892. The van der Waals surface area contributed by atoms with E-state index in [1.807, 2.05) is 25.1 Å². The van der Waals surface area contributed by atoms with Crippen molar-refractivity contribution in [1.29, 1.82) is 0 Å². The molecule has 1 aromatic heterocycles. The molecule has 2 aromatic carbocycles. The number of aromatic nitrogens is 2. The lowest BCUT2D eigenvalue weighted by Gasteiger charge is -2.16. The van der Waals surface area contributed by atoms with Gasteiger partial charge in [0, 0.05) is 10.0 Å². The van der Waals surface area contributed by atoms with Crippen molar-refractivity contribution in [2.45, 2.75) is 13.0 Å². The van der Waals surface area contributed by atoms with Gasteiger partial charge in [-0.3, -0.25) is 9.78 Å². The third kappa shape index (κ3) is 2.93. The van der Waals surface area contributed by atoms with E-state index >= 15 is 0 Å². The highest BCUT2D eigenvalue weighted by molar-refractivity contribution is 6.35. The molecule has 3 aromatic rings. The van der Waals surface area contributed by atoms with Gasteiger partial charge in [-0.2, -0.15) is 0 Å². The van der Waals surface area contributed by atoms with E-state index in [4.69, 9.17) is 23.2 Å². The molecule has 0 aliphatic carbocycles. The van der Waals surface area contributed by atoms with Gasteiger partial charge < -0.3 is 5.32 Å². The minimum absolute atomic E-state index is 0.130. The summed E-state index contributed by atoms with van der Waals surface area (Å²) >= 11 is 12.1. The normalized spacial score (nSPS) is 12.3. The van der Waals surface area contributed by atoms with E-state index in [-0.39, 0.29) is 11.6 Å². The van der Waals surface area contributed by atoms with Gasteiger partial charge in [0.15, 0.2) is 0 Å². The van der Waals surface area contributed by atoms with E-state index in [0.29, 0.717) is 26.9 Å². The van der Waals surface area contributed by atoms with Gasteiger partial charge in [-0.05, 0) is 36.8 Å². The van der Waals surface area contributed by atoms with E-state index in [2.05, 4.69) is 15.3 Å². The molecule has 0 spiro atoms. The van der Waals surface area contributed by atoms with Gasteiger partial charge in [0.25, 0.3) is 5.56 Å². The molecule has 112 valence electrons. The molecule has 0 aliphatic rings. The fraction of sp³-hybridized carbons (Fsp3) is 0.125. The minimum Gasteiger partial charge on any atom is -0.349 e. The number of rotatable bonds is 3. The predicted octanol–water partition coefficient (Wildman–Crippen LogP) is 4.40. The van der Waals surface area contributed by atoms with Crippen LogP contribution < -0.4 is 10.9 Å². The molecule has 0 bridgehead atoms. The lowest BCUT2D eigenvalue weighted by Crippen LogP contribution is -2.15. The molecule has 0 aliphatic heterocycles. The molecule has 0 radical (unpaired) electrons. The summed E-state index contributed by atoms with van der Waals surface area (Å²) in [6.45, 7) is 1.93. The molecular formula is C16H13Cl2N3O. The van der Waals surface area contributed by atoms with Crippen LogP contribution in [0.4, 0.5) is 5.95 Å². The number of H-pyrrole nitrogens is 1. The standard InChI is InChI=1S/C16H13Cl2N3O/c1-9(11-7-6-10(17)8-13(11)18)19-16-20-14-5-3-2-4-12(14)15(22)21-16/h2-9H,1H3,(H2,19,20,21,22)/t9-/m0/s1. The van der Waals surface area contributed by atoms with Crippen LogP contribution in [0.5, 0.6) is 0 Å². The summed E-state index contributed by atoms with van der Waals surface area (Å²) in [5.41, 5.74) is 1.34. The second-order valence-corrected chi connectivity index (χ2v) is 5.81. The summed E-state index contributed by atoms with van der Waals surface area (Å²) in [6, 6.07) is 12.4. The molecule has 0 unspecified atom stereocenters. The van der Waals surface area contributed by atoms with Crippen LogP contribution in [0.1, 0.15) is 18.5 Å². The lowest BCUT2D eigenvalue weighted by molar-refractivity contribution is 0.861. The first-order valence-electron chi connectivity index (χ1n) is 6.75. The summed E-state index contributed by atoms with van der Waals surface area (Å²) in [4.78, 5) is 19.2. The van der Waals surface area contributed by atoms with Gasteiger partial charge in [0.2, 0.25) is 5.95 Å². The van der Waals surface area contributed by atoms with Crippen molar-refractivity contribution in [3.63, 3.8) is 0 Å². The number of halogens is 2. The van der Waals surface area contributed by atoms with Gasteiger partial charge in [0.05, 0.1) is 16.9 Å². The lowest BCUT2D eigenvalue weighted by atomic mass is 10.1. The Morgan fingerprint density at radius 1 is 1.18 bits per heavy atom. The van der Waals surface area contributed by atoms with Crippen molar-refractivity contribution in [3.05, 3.63) is 68.4 Å². The van der Waals surface area contributed by atoms with Crippen LogP contribution in [-0.4, -0.2) is 9.97 Å². The van der Waals surface area contributed by atoms with E-state index < -0.39 is 0 Å². The average molecular weight is 334 g/mol. The Labute approximate surface area is 137 Å². The van der Waals surface area contributed by atoms with Gasteiger partial charge in [0.1, 0.15) is 0 Å². The molecule has 0 saturated carbocycles. The maximum absolute atomic E-state index is 12.1. The van der Waals surface area contributed by atoms with Crippen molar-refractivity contribution >= 4 is 40.1 Å². The maximum Gasteiger partial charge on any atom is 0.260 e. The second kappa shape index (κ2) is 5.99. The fourth-order valence-electron chi connectivity index (χ4n) is 2.29. The molecule has 4 nitrogen and oxygen atoms in total. The number of para-hydroxylation sites is 1. The number of benzene rings is 2. The summed E-state index contributed by atoms with van der Waals surface area (Å²) < 4.78 is 0. The highest BCUT2D eigenvalue weighted by Gasteiger charge is 2.12. The zero-order valence-electron chi connectivity index (χ0n) is 11.7. The van der Waals surface area contributed by atoms with E-state index in [9.17, 15) is 4.79 Å². The molecule has 3 rings (SSSR count). The SMILES string of the molecule is C[C@H](Nc1nc2ccccc2c(=O)[nH]1)c1ccc(Cl)cc1Cl. The van der Waals surface area contributed by atoms with Crippen molar-refractivity contribution in [2.24, 2.45) is 0 Å². The number of hydrogen-bond acceptors (Lipinski definition) is 3. The minimum atomic E-state index is -0.178. The highest BCUT2D eigenvalue weighted by atomic mass is 35.5. The van der Waals surface area contributed by atoms with Gasteiger partial charge in [-0.15, -0.1) is 0 Å². The topological polar surface area (TPSA) is 57.8 Å². The third-order valence-electron chi connectivity index (χ3n) is 3.40. The van der Waals surface area contributed by atoms with Crippen LogP contribution >= 0.6 is 23.2 Å². The zero-order valence-corrected chi connectivity index (χ0v) is 13.2. The molecule has 6 heteroatoms. The number of nitrogens with one attached hydrogen (secondary N) is 2. The van der Waals surface area contributed by atoms with E-state index in [1.54, 1.807) is 24.3 Å². The Kier molecular flexibility index (Phi) is 4.05. The average Bonchev–Trinajstić information content (AvgIpc) is 2.47. The van der Waals surface area contributed by atoms with Crippen molar-refractivity contribution < 1.29 is 0 Å².